The summed E-state index contributed by atoms with van der Waals surface area (Å²) in [6.07, 6.45) is 6.50. The Morgan fingerprint density at radius 3 is 2.42 bits per heavy atom. The highest BCUT2D eigenvalue weighted by molar-refractivity contribution is 5.98. The standard InChI is InChI=1S/C26H32N2O3/c1-19-9-11-21(12-10-19)25(29)22-13-15-28(16-14-22)26(30)27-18-20-5-4-8-24(17-20)31-23-6-2-3-7-23/h4-5,8-12,17,22-23H,2-3,6-7,13-16,18H2,1H3,(H,27,30). The van der Waals surface area contributed by atoms with E-state index in [-0.39, 0.29) is 17.7 Å². The van der Waals surface area contributed by atoms with Crippen molar-refractivity contribution in [2.45, 2.75) is 58.1 Å². The van der Waals surface area contributed by atoms with E-state index in [1.54, 1.807) is 0 Å². The number of benzene rings is 2. The van der Waals surface area contributed by atoms with Crippen LogP contribution in [-0.2, 0) is 6.54 Å². The molecule has 5 nitrogen and oxygen atoms in total. The largest absolute Gasteiger partial charge is 0.490 e. The van der Waals surface area contributed by atoms with Crippen molar-refractivity contribution in [1.82, 2.24) is 10.2 Å². The summed E-state index contributed by atoms with van der Waals surface area (Å²) in [5.74, 6) is 1.07. The van der Waals surface area contributed by atoms with Crippen LogP contribution in [0.2, 0.25) is 0 Å². The molecule has 0 atom stereocenters. The third-order valence-electron chi connectivity index (χ3n) is 6.44. The number of rotatable bonds is 6. The molecule has 1 N–H and O–H groups in total. The molecule has 0 radical (unpaired) electrons. The van der Waals surface area contributed by atoms with Crippen LogP contribution in [0, 0.1) is 12.8 Å². The van der Waals surface area contributed by atoms with E-state index in [9.17, 15) is 9.59 Å². The first-order chi connectivity index (χ1) is 15.1. The molecule has 164 valence electrons. The predicted molar refractivity (Wildman–Crippen MR) is 121 cm³/mol. The molecule has 1 saturated carbocycles. The highest BCUT2D eigenvalue weighted by Crippen LogP contribution is 2.25. The maximum absolute atomic E-state index is 12.7. The number of ether oxygens (including phenoxy) is 1. The number of carbonyl (C=O) groups is 2. The van der Waals surface area contributed by atoms with Crippen LogP contribution in [0.5, 0.6) is 5.75 Å². The van der Waals surface area contributed by atoms with E-state index in [1.807, 2.05) is 60.4 Å². The molecular weight excluding hydrogens is 388 g/mol. The van der Waals surface area contributed by atoms with Crippen LogP contribution >= 0.6 is 0 Å². The number of urea groups is 1. The maximum atomic E-state index is 12.7. The van der Waals surface area contributed by atoms with E-state index in [0.29, 0.717) is 38.6 Å². The molecule has 31 heavy (non-hydrogen) atoms. The number of aryl methyl sites for hydroxylation is 1. The summed E-state index contributed by atoms with van der Waals surface area (Å²) in [5.41, 5.74) is 2.96. The van der Waals surface area contributed by atoms with Crippen molar-refractivity contribution in [3.63, 3.8) is 0 Å². The Bertz CT molecular complexity index is 895. The lowest BCUT2D eigenvalue weighted by Crippen LogP contribution is -2.45. The zero-order chi connectivity index (χ0) is 21.6. The van der Waals surface area contributed by atoms with Gasteiger partial charge >= 0.3 is 6.03 Å². The number of hydrogen-bond donors (Lipinski definition) is 1. The van der Waals surface area contributed by atoms with E-state index in [2.05, 4.69) is 5.32 Å². The second kappa shape index (κ2) is 9.99. The number of piperidine rings is 1. The molecule has 0 aromatic heterocycles. The van der Waals surface area contributed by atoms with Gasteiger partial charge in [0.25, 0.3) is 0 Å². The quantitative estimate of drug-likeness (QED) is 0.660. The fourth-order valence-corrected chi connectivity index (χ4v) is 4.52. The molecule has 1 aliphatic carbocycles. The summed E-state index contributed by atoms with van der Waals surface area (Å²) in [7, 11) is 0. The second-order valence-electron chi connectivity index (χ2n) is 8.82. The van der Waals surface area contributed by atoms with Gasteiger partial charge in [-0.25, -0.2) is 4.79 Å². The van der Waals surface area contributed by atoms with Crippen molar-refractivity contribution in [3.05, 3.63) is 65.2 Å². The van der Waals surface area contributed by atoms with Gasteiger partial charge < -0.3 is 15.0 Å². The summed E-state index contributed by atoms with van der Waals surface area (Å²) in [4.78, 5) is 27.2. The number of ketones is 1. The van der Waals surface area contributed by atoms with Crippen LogP contribution in [-0.4, -0.2) is 35.9 Å². The molecule has 1 heterocycles. The SMILES string of the molecule is Cc1ccc(C(=O)C2CCN(C(=O)NCc3cccc(OC4CCCC4)c3)CC2)cc1. The molecule has 5 heteroatoms. The number of hydrogen-bond acceptors (Lipinski definition) is 3. The van der Waals surface area contributed by atoms with Gasteiger partial charge in [0, 0.05) is 31.1 Å². The molecule has 2 aromatic rings. The van der Waals surface area contributed by atoms with Crippen LogP contribution in [0.1, 0.15) is 60.0 Å². The first kappa shape index (κ1) is 21.4. The van der Waals surface area contributed by atoms with Gasteiger partial charge in [-0.15, -0.1) is 0 Å². The molecule has 2 aromatic carbocycles. The van der Waals surface area contributed by atoms with Crippen molar-refractivity contribution in [3.8, 4) is 5.75 Å². The minimum absolute atomic E-state index is 0.00354. The molecule has 4 rings (SSSR count). The maximum Gasteiger partial charge on any atom is 0.317 e. The summed E-state index contributed by atoms with van der Waals surface area (Å²) < 4.78 is 6.06. The summed E-state index contributed by atoms with van der Waals surface area (Å²) in [6.45, 7) is 3.71. The highest BCUT2D eigenvalue weighted by atomic mass is 16.5. The fourth-order valence-electron chi connectivity index (χ4n) is 4.52. The third-order valence-corrected chi connectivity index (χ3v) is 6.44. The van der Waals surface area contributed by atoms with E-state index >= 15 is 0 Å². The monoisotopic (exact) mass is 420 g/mol. The zero-order valence-corrected chi connectivity index (χ0v) is 18.3. The Labute approximate surface area is 184 Å². The number of nitrogens with one attached hydrogen (secondary N) is 1. The van der Waals surface area contributed by atoms with Crippen LogP contribution in [0.15, 0.2) is 48.5 Å². The summed E-state index contributed by atoms with van der Waals surface area (Å²) >= 11 is 0. The summed E-state index contributed by atoms with van der Waals surface area (Å²) in [6, 6.07) is 15.7. The Morgan fingerprint density at radius 1 is 1.00 bits per heavy atom. The van der Waals surface area contributed by atoms with Crippen molar-refractivity contribution < 1.29 is 14.3 Å². The zero-order valence-electron chi connectivity index (χ0n) is 18.3. The van der Waals surface area contributed by atoms with Gasteiger partial charge in [-0.3, -0.25) is 4.79 Å². The van der Waals surface area contributed by atoms with Crippen molar-refractivity contribution in [2.24, 2.45) is 5.92 Å². The lowest BCUT2D eigenvalue weighted by molar-refractivity contribution is 0.0854. The molecule has 1 saturated heterocycles. The lowest BCUT2D eigenvalue weighted by atomic mass is 9.89. The molecule has 2 amide bonds. The van der Waals surface area contributed by atoms with E-state index in [4.69, 9.17) is 4.74 Å². The van der Waals surface area contributed by atoms with Gasteiger partial charge in [-0.2, -0.15) is 0 Å². The number of Topliss-reactive ketones (excluding diaryl/α,β-unsaturated/α-hetero) is 1. The van der Waals surface area contributed by atoms with Crippen molar-refractivity contribution in [1.29, 1.82) is 0 Å². The van der Waals surface area contributed by atoms with Crippen LogP contribution in [0.25, 0.3) is 0 Å². The van der Waals surface area contributed by atoms with Crippen LogP contribution < -0.4 is 10.1 Å². The number of nitrogens with zero attached hydrogens (tertiary/aromatic N) is 1. The molecule has 2 aliphatic rings. The minimum atomic E-state index is -0.0663. The van der Waals surface area contributed by atoms with Crippen molar-refractivity contribution >= 4 is 11.8 Å². The number of amides is 2. The smallest absolute Gasteiger partial charge is 0.317 e. The third kappa shape index (κ3) is 5.66. The van der Waals surface area contributed by atoms with Crippen molar-refractivity contribution in [2.75, 3.05) is 13.1 Å². The van der Waals surface area contributed by atoms with Gasteiger partial charge in [-0.05, 0) is 63.1 Å². The average molecular weight is 421 g/mol. The molecule has 0 unspecified atom stereocenters. The van der Waals surface area contributed by atoms with Crippen LogP contribution in [0.3, 0.4) is 0 Å². The molecule has 0 bridgehead atoms. The Hall–Kier alpha value is -2.82. The Morgan fingerprint density at radius 2 is 1.71 bits per heavy atom. The second-order valence-corrected chi connectivity index (χ2v) is 8.82. The Kier molecular flexibility index (Phi) is 6.90. The minimum Gasteiger partial charge on any atom is -0.490 e. The average Bonchev–Trinajstić information content (AvgIpc) is 3.31. The predicted octanol–water partition coefficient (Wildman–Crippen LogP) is 5.12. The molecule has 1 aliphatic heterocycles. The number of likely N-dealkylation sites (tertiary alicyclic amines) is 1. The normalized spacial score (nSPS) is 17.5. The molecule has 0 spiro atoms. The number of carbonyl (C=O) groups excluding carboxylic acids is 2. The highest BCUT2D eigenvalue weighted by Gasteiger charge is 2.27. The van der Waals surface area contributed by atoms with E-state index in [0.717, 1.165) is 35.3 Å². The summed E-state index contributed by atoms with van der Waals surface area (Å²) in [5, 5.41) is 3.02. The van der Waals surface area contributed by atoms with Gasteiger partial charge in [0.2, 0.25) is 0 Å². The van der Waals surface area contributed by atoms with Crippen LogP contribution in [0.4, 0.5) is 4.79 Å². The lowest BCUT2D eigenvalue weighted by Gasteiger charge is -2.31. The van der Waals surface area contributed by atoms with E-state index < -0.39 is 0 Å². The first-order valence-electron chi connectivity index (χ1n) is 11.5. The van der Waals surface area contributed by atoms with Gasteiger partial charge in [0.1, 0.15) is 5.75 Å². The first-order valence-corrected chi connectivity index (χ1v) is 11.5. The van der Waals surface area contributed by atoms with E-state index in [1.165, 1.54) is 12.8 Å². The van der Waals surface area contributed by atoms with Gasteiger partial charge in [0.15, 0.2) is 5.78 Å². The van der Waals surface area contributed by atoms with Gasteiger partial charge in [0.05, 0.1) is 6.10 Å². The topological polar surface area (TPSA) is 58.6 Å². The molecule has 2 fully saturated rings. The van der Waals surface area contributed by atoms with Gasteiger partial charge in [-0.1, -0.05) is 42.0 Å². The fraction of sp³-hybridized carbons (Fsp3) is 0.462. The Balaban J connectivity index is 1.24. The molecular formula is C26H32N2O3.